The minimum Gasteiger partial charge on any atom is -0.333 e. The zero-order valence-corrected chi connectivity index (χ0v) is 18.2. The number of aryl methyl sites for hydroxylation is 2. The third-order valence-electron chi connectivity index (χ3n) is 5.79. The normalized spacial score (nSPS) is 18.8. The largest absolute Gasteiger partial charge is 0.333 e. The summed E-state index contributed by atoms with van der Waals surface area (Å²) in [5.74, 6) is 0.668. The second-order valence-corrected chi connectivity index (χ2v) is 8.32. The van der Waals surface area contributed by atoms with E-state index < -0.39 is 0 Å². The van der Waals surface area contributed by atoms with Crippen LogP contribution in [0.3, 0.4) is 0 Å². The van der Waals surface area contributed by atoms with Gasteiger partial charge in [-0.05, 0) is 37.7 Å². The fourth-order valence-electron chi connectivity index (χ4n) is 4.30. The fraction of sp³-hybridized carbons (Fsp3) is 0.318. The highest BCUT2D eigenvalue weighted by atomic mass is 16.2. The van der Waals surface area contributed by atoms with Gasteiger partial charge in [0, 0.05) is 49.5 Å². The van der Waals surface area contributed by atoms with Gasteiger partial charge in [0.15, 0.2) is 0 Å². The Balaban J connectivity index is 1.30. The maximum Gasteiger partial charge on any atom is 0.320 e. The van der Waals surface area contributed by atoms with Crippen LogP contribution < -0.4 is 10.6 Å². The first kappa shape index (κ1) is 20.1. The number of hydrogen-bond acceptors (Lipinski definition) is 6. The Labute approximate surface area is 185 Å². The molecule has 2 atom stereocenters. The van der Waals surface area contributed by atoms with Gasteiger partial charge in [0.1, 0.15) is 5.82 Å². The zero-order chi connectivity index (χ0) is 22.2. The third-order valence-corrected chi connectivity index (χ3v) is 5.79. The summed E-state index contributed by atoms with van der Waals surface area (Å²) in [6.07, 6.45) is 9.11. The van der Waals surface area contributed by atoms with E-state index in [4.69, 9.17) is 0 Å². The van der Waals surface area contributed by atoms with E-state index in [1.165, 1.54) is 0 Å². The first-order valence-corrected chi connectivity index (χ1v) is 10.5. The molecule has 0 aromatic carbocycles. The first-order chi connectivity index (χ1) is 15.5. The predicted molar refractivity (Wildman–Crippen MR) is 121 cm³/mol. The van der Waals surface area contributed by atoms with Crippen LogP contribution in [0.15, 0.2) is 49.2 Å². The Bertz CT molecular complexity index is 1280. The van der Waals surface area contributed by atoms with Gasteiger partial charge < -0.3 is 10.2 Å². The summed E-state index contributed by atoms with van der Waals surface area (Å²) >= 11 is 0. The fourth-order valence-corrected chi connectivity index (χ4v) is 4.30. The summed E-state index contributed by atoms with van der Waals surface area (Å²) in [5.41, 5.74) is 3.81. The van der Waals surface area contributed by atoms with Crippen molar-refractivity contribution in [2.75, 3.05) is 25.5 Å². The SMILES string of the molecule is Cc1cc(-n2ncc3cc(NC(=O)N[C@H]4CN(C)C[C@@H]4c4cnn(C)c4)ncc32)ccn1. The second kappa shape index (κ2) is 8.04. The van der Waals surface area contributed by atoms with Gasteiger partial charge >= 0.3 is 6.03 Å². The Morgan fingerprint density at radius 1 is 1.09 bits per heavy atom. The van der Waals surface area contributed by atoms with E-state index in [2.05, 4.69) is 42.7 Å². The molecule has 0 spiro atoms. The van der Waals surface area contributed by atoms with Crippen LogP contribution >= 0.6 is 0 Å². The minimum absolute atomic E-state index is 0.00869. The third kappa shape index (κ3) is 3.92. The molecule has 10 heteroatoms. The van der Waals surface area contributed by atoms with Gasteiger partial charge in [0.2, 0.25) is 0 Å². The van der Waals surface area contributed by atoms with Gasteiger partial charge in [-0.1, -0.05) is 0 Å². The van der Waals surface area contributed by atoms with Crippen LogP contribution in [0.2, 0.25) is 0 Å². The molecule has 10 nitrogen and oxygen atoms in total. The number of likely N-dealkylation sites (tertiary alicyclic amines) is 1. The summed E-state index contributed by atoms with van der Waals surface area (Å²) in [7, 11) is 3.96. The molecule has 4 aromatic heterocycles. The van der Waals surface area contributed by atoms with Crippen LogP contribution in [-0.4, -0.2) is 66.6 Å². The predicted octanol–water partition coefficient (Wildman–Crippen LogP) is 2.08. The summed E-state index contributed by atoms with van der Waals surface area (Å²) < 4.78 is 3.60. The Morgan fingerprint density at radius 3 is 2.75 bits per heavy atom. The number of carbonyl (C=O) groups is 1. The van der Waals surface area contributed by atoms with E-state index >= 15 is 0 Å². The van der Waals surface area contributed by atoms with E-state index in [0.29, 0.717) is 5.82 Å². The van der Waals surface area contributed by atoms with E-state index in [0.717, 1.165) is 40.9 Å². The maximum absolute atomic E-state index is 12.7. The molecule has 5 heterocycles. The first-order valence-electron chi connectivity index (χ1n) is 10.5. The molecule has 2 N–H and O–H groups in total. The second-order valence-electron chi connectivity index (χ2n) is 8.32. The van der Waals surface area contributed by atoms with Gasteiger partial charge in [0.25, 0.3) is 0 Å². The molecule has 2 amide bonds. The van der Waals surface area contributed by atoms with E-state index in [1.54, 1.807) is 23.3 Å². The lowest BCUT2D eigenvalue weighted by Gasteiger charge is -2.19. The summed E-state index contributed by atoms with van der Waals surface area (Å²) in [6.45, 7) is 3.58. The van der Waals surface area contributed by atoms with E-state index in [9.17, 15) is 4.79 Å². The van der Waals surface area contributed by atoms with Crippen molar-refractivity contribution in [2.45, 2.75) is 18.9 Å². The summed E-state index contributed by atoms with van der Waals surface area (Å²) in [5, 5.41) is 15.6. The Morgan fingerprint density at radius 2 is 1.97 bits per heavy atom. The van der Waals surface area contributed by atoms with Crippen molar-refractivity contribution in [1.29, 1.82) is 0 Å². The number of nitrogens with zero attached hydrogens (tertiary/aromatic N) is 7. The number of likely N-dealkylation sites (N-methyl/N-ethyl adjacent to an activating group) is 1. The number of carbonyl (C=O) groups excluding carboxylic acids is 1. The van der Waals surface area contributed by atoms with Crippen molar-refractivity contribution >= 4 is 22.8 Å². The topological polar surface area (TPSA) is 106 Å². The van der Waals surface area contributed by atoms with Crippen LogP contribution in [0.25, 0.3) is 16.6 Å². The quantitative estimate of drug-likeness (QED) is 0.513. The molecule has 1 aliphatic rings. The molecule has 0 bridgehead atoms. The molecule has 1 saturated heterocycles. The molecule has 164 valence electrons. The van der Waals surface area contributed by atoms with Crippen molar-refractivity contribution in [3.05, 3.63) is 60.4 Å². The lowest BCUT2D eigenvalue weighted by atomic mass is 9.97. The highest BCUT2D eigenvalue weighted by Crippen LogP contribution is 2.26. The van der Waals surface area contributed by atoms with E-state index in [1.807, 2.05) is 49.2 Å². The van der Waals surface area contributed by atoms with Crippen LogP contribution in [-0.2, 0) is 7.05 Å². The van der Waals surface area contributed by atoms with Crippen molar-refractivity contribution < 1.29 is 4.79 Å². The molecule has 0 radical (unpaired) electrons. The molecular formula is C22H25N9O. The van der Waals surface area contributed by atoms with Crippen molar-refractivity contribution in [3.8, 4) is 5.69 Å². The van der Waals surface area contributed by atoms with Gasteiger partial charge in [-0.3, -0.25) is 15.0 Å². The number of anilines is 1. The summed E-state index contributed by atoms with van der Waals surface area (Å²) in [4.78, 5) is 23.6. The monoisotopic (exact) mass is 431 g/mol. The van der Waals surface area contributed by atoms with Gasteiger partial charge in [-0.15, -0.1) is 0 Å². The molecule has 0 aliphatic carbocycles. The van der Waals surface area contributed by atoms with Crippen molar-refractivity contribution in [1.82, 2.24) is 39.7 Å². The lowest BCUT2D eigenvalue weighted by Crippen LogP contribution is -2.42. The lowest BCUT2D eigenvalue weighted by molar-refractivity contribution is 0.247. The zero-order valence-electron chi connectivity index (χ0n) is 18.2. The smallest absolute Gasteiger partial charge is 0.320 e. The molecule has 0 saturated carbocycles. The number of aromatic nitrogens is 6. The standard InChI is InChI=1S/C22H25N9O/c1-14-6-17(4-5-23-14)31-20-10-24-21(7-15(20)8-26-31)28-22(32)27-19-13-29(2)12-18(19)16-9-25-30(3)11-16/h4-11,18-19H,12-13H2,1-3H3,(H2,24,27,28,32)/t18-,19+/m1/s1. The van der Waals surface area contributed by atoms with Gasteiger partial charge in [-0.2, -0.15) is 10.2 Å². The Hall–Kier alpha value is -3.79. The molecule has 4 aromatic rings. The average molecular weight is 432 g/mol. The number of urea groups is 1. The molecule has 32 heavy (non-hydrogen) atoms. The van der Waals surface area contributed by atoms with Crippen LogP contribution in [0.4, 0.5) is 10.6 Å². The highest BCUT2D eigenvalue weighted by molar-refractivity contribution is 5.91. The summed E-state index contributed by atoms with van der Waals surface area (Å²) in [6, 6.07) is 5.40. The number of fused-ring (bicyclic) bond motifs is 1. The molecule has 1 fully saturated rings. The molecule has 1 aliphatic heterocycles. The van der Waals surface area contributed by atoms with Crippen molar-refractivity contribution in [2.24, 2.45) is 7.05 Å². The van der Waals surface area contributed by atoms with Crippen molar-refractivity contribution in [3.63, 3.8) is 0 Å². The average Bonchev–Trinajstić information content (AvgIpc) is 3.46. The van der Waals surface area contributed by atoms with Crippen LogP contribution in [0.1, 0.15) is 17.2 Å². The number of rotatable bonds is 4. The van der Waals surface area contributed by atoms with Gasteiger partial charge in [-0.25, -0.2) is 14.5 Å². The highest BCUT2D eigenvalue weighted by Gasteiger charge is 2.34. The molecule has 5 rings (SSSR count). The van der Waals surface area contributed by atoms with Crippen LogP contribution in [0, 0.1) is 6.92 Å². The molecular weight excluding hydrogens is 406 g/mol. The number of pyridine rings is 2. The van der Waals surface area contributed by atoms with Gasteiger partial charge in [0.05, 0.1) is 35.8 Å². The maximum atomic E-state index is 12.7. The molecule has 0 unspecified atom stereocenters. The van der Waals surface area contributed by atoms with Crippen LogP contribution in [0.5, 0.6) is 0 Å². The number of amides is 2. The number of nitrogens with one attached hydrogen (secondary N) is 2. The minimum atomic E-state index is -0.275. The van der Waals surface area contributed by atoms with E-state index in [-0.39, 0.29) is 18.0 Å². The Kier molecular flexibility index (Phi) is 5.06. The number of hydrogen-bond donors (Lipinski definition) is 2.